The molecule has 1 aliphatic rings. The van der Waals surface area contributed by atoms with Crippen molar-refractivity contribution in [3.63, 3.8) is 0 Å². The molecule has 4 atom stereocenters. The molecule has 154 valence electrons. The predicted molar refractivity (Wildman–Crippen MR) is 77.3 cm³/mol. The maximum absolute atomic E-state index is 11.8. The van der Waals surface area contributed by atoms with E-state index in [1.54, 1.807) is 0 Å². The van der Waals surface area contributed by atoms with Gasteiger partial charge >= 0.3 is 5.69 Å². The summed E-state index contributed by atoms with van der Waals surface area (Å²) in [6.07, 6.45) is -1.40. The van der Waals surface area contributed by atoms with Crippen LogP contribution in [0.15, 0.2) is 15.8 Å². The summed E-state index contributed by atoms with van der Waals surface area (Å²) in [5.41, 5.74) is -1.25. The molecule has 0 spiro atoms. The first-order valence-corrected chi connectivity index (χ1v) is 11.5. The zero-order chi connectivity index (χ0) is 20.6. The fraction of sp³-hybridized carbons (Fsp3) is 0.556. The van der Waals surface area contributed by atoms with Gasteiger partial charge < -0.3 is 28.9 Å². The first-order chi connectivity index (χ1) is 12.2. The highest BCUT2D eigenvalue weighted by molar-refractivity contribution is 7.69. The Morgan fingerprint density at radius 1 is 1.19 bits per heavy atom. The Morgan fingerprint density at radius 3 is 2.41 bits per heavy atom. The third-order valence-electron chi connectivity index (χ3n) is 3.12. The van der Waals surface area contributed by atoms with E-state index in [9.17, 15) is 42.9 Å². The van der Waals surface area contributed by atoms with Crippen molar-refractivity contribution in [3.05, 3.63) is 32.6 Å². The third kappa shape index (κ3) is 6.56. The normalized spacial score (nSPS) is 25.1. The summed E-state index contributed by atoms with van der Waals surface area (Å²) in [6.45, 7) is 1.42. The minimum Gasteiger partial charge on any atom is -0.790 e. The number of hydrogen-bond donors (Lipinski definition) is 2. The zero-order valence-electron chi connectivity index (χ0n) is 13.3. The van der Waals surface area contributed by atoms with E-state index >= 15 is 0 Å². The summed E-state index contributed by atoms with van der Waals surface area (Å²) in [4.78, 5) is 69.3. The second-order valence-electron chi connectivity index (χ2n) is 5.31. The van der Waals surface area contributed by atoms with Crippen LogP contribution in [-0.2, 0) is 27.3 Å². The molecule has 2 N–H and O–H groups in total. The first-order valence-electron chi connectivity index (χ1n) is 6.98. The van der Waals surface area contributed by atoms with Crippen LogP contribution in [0.4, 0.5) is 0 Å². The summed E-state index contributed by atoms with van der Waals surface area (Å²) >= 11 is 0. The molecule has 27 heavy (non-hydrogen) atoms. The average molecular weight is 447 g/mol. The van der Waals surface area contributed by atoms with Crippen LogP contribution in [0.25, 0.3) is 0 Å². The van der Waals surface area contributed by atoms with Crippen LogP contribution in [0, 0.1) is 6.92 Å². The molecule has 1 aromatic heterocycles. The highest BCUT2D eigenvalue weighted by Gasteiger charge is 2.32. The van der Waals surface area contributed by atoms with Gasteiger partial charge in [0.2, 0.25) is 15.5 Å². The molecular weight excluding hydrogens is 435 g/mol. The molecule has 0 bridgehead atoms. The monoisotopic (exact) mass is 447 g/mol. The SMILES string of the molecule is Cc1cn([C@H]2CC[C@@H](OP(=O)([O-])NP(=O)([O-])OP(=O)([O-])[O-])O2)c(=O)[nH]c1=O. The molecule has 2 unspecified atom stereocenters. The Bertz CT molecular complexity index is 965. The van der Waals surface area contributed by atoms with Crippen molar-refractivity contribution in [2.45, 2.75) is 32.3 Å². The van der Waals surface area contributed by atoms with Crippen LogP contribution in [0.5, 0.6) is 0 Å². The average Bonchev–Trinajstić information content (AvgIpc) is 2.85. The van der Waals surface area contributed by atoms with E-state index in [0.29, 0.717) is 0 Å². The van der Waals surface area contributed by atoms with E-state index in [0.717, 1.165) is 9.42 Å². The Hall–Kier alpha value is -0.950. The van der Waals surface area contributed by atoms with Crippen LogP contribution >= 0.6 is 23.3 Å². The summed E-state index contributed by atoms with van der Waals surface area (Å²) in [6, 6.07) is 0. The minimum absolute atomic E-state index is 0.0674. The number of ether oxygens (including phenoxy) is 1. The van der Waals surface area contributed by atoms with Crippen molar-refractivity contribution in [1.29, 1.82) is 0 Å². The molecule has 1 aliphatic heterocycles. The van der Waals surface area contributed by atoms with Crippen LogP contribution in [0.3, 0.4) is 0 Å². The smallest absolute Gasteiger partial charge is 0.330 e. The Balaban J connectivity index is 2.05. The lowest BCUT2D eigenvalue weighted by Crippen LogP contribution is -2.33. The van der Waals surface area contributed by atoms with Crippen molar-refractivity contribution < 1.29 is 46.8 Å². The van der Waals surface area contributed by atoms with E-state index < -0.39 is 47.1 Å². The van der Waals surface area contributed by atoms with Crippen molar-refractivity contribution in [1.82, 2.24) is 14.4 Å². The lowest BCUT2D eigenvalue weighted by molar-refractivity contribution is -0.337. The molecule has 1 fully saturated rings. The van der Waals surface area contributed by atoms with Crippen LogP contribution in [0.2, 0.25) is 0 Å². The lowest BCUT2D eigenvalue weighted by atomic mass is 10.3. The lowest BCUT2D eigenvalue weighted by Gasteiger charge is -2.39. The second-order valence-corrected chi connectivity index (χ2v) is 9.85. The van der Waals surface area contributed by atoms with Gasteiger partial charge in [0.15, 0.2) is 6.29 Å². The Morgan fingerprint density at radius 2 is 1.81 bits per heavy atom. The highest BCUT2D eigenvalue weighted by atomic mass is 31.3. The van der Waals surface area contributed by atoms with E-state index in [4.69, 9.17) is 4.74 Å². The van der Waals surface area contributed by atoms with E-state index in [1.165, 1.54) is 13.1 Å². The van der Waals surface area contributed by atoms with Gasteiger partial charge in [0.05, 0.1) is 7.82 Å². The standard InChI is InChI=1S/C9H16N3O12P3/c1-5-4-12(9(14)10-8(5)13)6-2-3-7(22-6)23-25(15,16)11-26(17,18)24-27(19,20)21/h4,6-7H,2-3H2,1H3,(H,10,13,14)(H2,19,20,21)(H3,11,15,16,17,18)/p-4/t6-,7-/m1/s1. The molecule has 1 saturated heterocycles. The van der Waals surface area contributed by atoms with Gasteiger partial charge in [-0.25, -0.2) is 4.79 Å². The van der Waals surface area contributed by atoms with Gasteiger partial charge in [-0.05, 0) is 13.3 Å². The molecule has 0 radical (unpaired) electrons. The molecule has 2 rings (SSSR count). The number of aromatic amines is 1. The number of rotatable bonds is 7. The van der Waals surface area contributed by atoms with Gasteiger partial charge in [0.25, 0.3) is 5.56 Å². The summed E-state index contributed by atoms with van der Waals surface area (Å²) in [5, 5.41) is 0. The third-order valence-corrected chi connectivity index (χ3v) is 7.26. The largest absolute Gasteiger partial charge is 0.790 e. The topological polar surface area (TPSA) is 238 Å². The number of aryl methyl sites for hydroxylation is 1. The Kier molecular flexibility index (Phi) is 6.47. The Labute approximate surface area is 150 Å². The number of H-pyrrole nitrogens is 1. The number of aromatic nitrogens is 2. The van der Waals surface area contributed by atoms with E-state index in [-0.39, 0.29) is 18.4 Å². The molecule has 0 amide bonds. The molecule has 0 aromatic carbocycles. The molecule has 18 heteroatoms. The quantitative estimate of drug-likeness (QED) is 0.394. The molecular formula is C9H12N3O12P3-4. The van der Waals surface area contributed by atoms with Crippen LogP contribution in [-0.4, -0.2) is 15.8 Å². The van der Waals surface area contributed by atoms with Crippen molar-refractivity contribution in [2.24, 2.45) is 0 Å². The van der Waals surface area contributed by atoms with Gasteiger partial charge in [-0.1, -0.05) is 0 Å². The van der Waals surface area contributed by atoms with Crippen molar-refractivity contribution >= 4 is 23.3 Å². The zero-order valence-corrected chi connectivity index (χ0v) is 16.0. The predicted octanol–water partition coefficient (Wildman–Crippen LogP) is -3.13. The highest BCUT2D eigenvalue weighted by Crippen LogP contribution is 2.54. The summed E-state index contributed by atoms with van der Waals surface area (Å²) in [7, 11) is -17.3. The molecule has 0 saturated carbocycles. The van der Waals surface area contributed by atoms with Gasteiger partial charge in [-0.2, -0.15) is 4.86 Å². The fourth-order valence-corrected chi connectivity index (χ4v) is 5.53. The molecule has 1 aromatic rings. The van der Waals surface area contributed by atoms with Crippen LogP contribution < -0.4 is 35.7 Å². The molecule has 15 nitrogen and oxygen atoms in total. The summed E-state index contributed by atoms with van der Waals surface area (Å²) < 4.78 is 46.8. The summed E-state index contributed by atoms with van der Waals surface area (Å²) in [5.74, 6) is 0. The number of nitrogens with one attached hydrogen (secondary N) is 2. The van der Waals surface area contributed by atoms with Gasteiger partial charge in [-0.3, -0.25) is 32.3 Å². The molecule has 0 aliphatic carbocycles. The van der Waals surface area contributed by atoms with Crippen molar-refractivity contribution in [2.75, 3.05) is 0 Å². The molecule has 2 heterocycles. The van der Waals surface area contributed by atoms with E-state index in [2.05, 4.69) is 8.83 Å². The maximum atomic E-state index is 11.8. The number of phosphoric acid groups is 1. The maximum Gasteiger partial charge on any atom is 0.330 e. The van der Waals surface area contributed by atoms with E-state index in [1.807, 2.05) is 4.98 Å². The number of nitrogens with zero attached hydrogens (tertiary/aromatic N) is 1. The first kappa shape index (κ1) is 22.3. The van der Waals surface area contributed by atoms with Gasteiger partial charge in [0.1, 0.15) is 6.23 Å². The fourth-order valence-electron chi connectivity index (χ4n) is 2.15. The van der Waals surface area contributed by atoms with Gasteiger partial charge in [-0.15, -0.1) is 0 Å². The number of hydrogen-bond acceptors (Lipinski definition) is 12. The minimum atomic E-state index is -6.03. The van der Waals surface area contributed by atoms with Crippen LogP contribution in [0.1, 0.15) is 24.6 Å². The second kappa shape index (κ2) is 7.82. The van der Waals surface area contributed by atoms with Gasteiger partial charge in [0, 0.05) is 18.2 Å². The van der Waals surface area contributed by atoms with Crippen molar-refractivity contribution in [3.8, 4) is 0 Å².